The smallest absolute Gasteiger partial charge is 0.416 e. The van der Waals surface area contributed by atoms with Gasteiger partial charge in [-0.1, -0.05) is 12.7 Å². The average Bonchev–Trinajstić information content (AvgIpc) is 2.80. The van der Waals surface area contributed by atoms with Crippen molar-refractivity contribution in [2.45, 2.75) is 33.0 Å². The van der Waals surface area contributed by atoms with Crippen molar-refractivity contribution in [1.29, 1.82) is 0 Å². The van der Waals surface area contributed by atoms with Crippen molar-refractivity contribution < 1.29 is 32.3 Å². The molecule has 0 saturated carbocycles. The third-order valence-electron chi connectivity index (χ3n) is 5.58. The second-order valence-corrected chi connectivity index (χ2v) is 8.14. The molecule has 2 amide bonds. The third-order valence-corrected chi connectivity index (χ3v) is 5.58. The molecule has 2 heterocycles. The zero-order valence-electron chi connectivity index (χ0n) is 19.6. The maximum absolute atomic E-state index is 13.3. The number of nitrogens with zero attached hydrogens (tertiary/aromatic N) is 4. The first-order chi connectivity index (χ1) is 16.4. The highest BCUT2D eigenvalue weighted by atomic mass is 19.4. The number of carbonyl (C=O) groups excluding carboxylic acids is 3. The number of esters is 1. The van der Waals surface area contributed by atoms with E-state index in [4.69, 9.17) is 4.74 Å². The number of hydrogen-bond donors (Lipinski definition) is 0. The molecule has 11 heteroatoms. The molecule has 1 fully saturated rings. The Bertz CT molecular complexity index is 1150. The van der Waals surface area contributed by atoms with Gasteiger partial charge in [-0.2, -0.15) is 13.2 Å². The number of rotatable bonds is 5. The molecule has 35 heavy (non-hydrogen) atoms. The predicted octanol–water partition coefficient (Wildman–Crippen LogP) is 3.44. The van der Waals surface area contributed by atoms with Gasteiger partial charge in [0.05, 0.1) is 11.3 Å². The lowest BCUT2D eigenvalue weighted by molar-refractivity contribution is -0.137. The quantitative estimate of drug-likeness (QED) is 0.471. The van der Waals surface area contributed by atoms with Gasteiger partial charge in [-0.25, -0.2) is 14.8 Å². The molecule has 1 aromatic carbocycles. The highest BCUT2D eigenvalue weighted by Crippen LogP contribution is 2.29. The number of benzene rings is 1. The largest absolute Gasteiger partial charge is 0.458 e. The van der Waals surface area contributed by atoms with Gasteiger partial charge in [0, 0.05) is 31.2 Å². The minimum atomic E-state index is -4.49. The summed E-state index contributed by atoms with van der Waals surface area (Å²) in [5.74, 6) is -1.36. The molecule has 1 atom stereocenters. The summed E-state index contributed by atoms with van der Waals surface area (Å²) in [6.07, 6.45) is -3.09. The van der Waals surface area contributed by atoms with E-state index in [1.165, 1.54) is 15.9 Å². The van der Waals surface area contributed by atoms with Crippen LogP contribution in [0, 0.1) is 13.8 Å². The van der Waals surface area contributed by atoms with Crippen LogP contribution >= 0.6 is 0 Å². The van der Waals surface area contributed by atoms with E-state index in [1.807, 2.05) is 0 Å². The Balaban J connectivity index is 1.77. The molecular formula is C24H25F3N4O4. The van der Waals surface area contributed by atoms with Crippen molar-refractivity contribution in [3.8, 4) is 0 Å². The van der Waals surface area contributed by atoms with Gasteiger partial charge >= 0.3 is 12.1 Å². The maximum atomic E-state index is 13.3. The lowest BCUT2D eigenvalue weighted by Crippen LogP contribution is -2.55. The summed E-state index contributed by atoms with van der Waals surface area (Å²) in [6.45, 7) is 8.83. The molecule has 1 saturated heterocycles. The van der Waals surface area contributed by atoms with Gasteiger partial charge < -0.3 is 14.5 Å². The Hall–Kier alpha value is -3.76. The predicted molar refractivity (Wildman–Crippen MR) is 120 cm³/mol. The summed E-state index contributed by atoms with van der Waals surface area (Å²) >= 11 is 0. The van der Waals surface area contributed by atoms with E-state index in [0.29, 0.717) is 11.5 Å². The van der Waals surface area contributed by atoms with Gasteiger partial charge in [0.25, 0.3) is 11.8 Å². The molecule has 8 nitrogen and oxygen atoms in total. The minimum Gasteiger partial charge on any atom is -0.458 e. The van der Waals surface area contributed by atoms with Crippen molar-refractivity contribution in [3.05, 3.63) is 70.8 Å². The van der Waals surface area contributed by atoms with E-state index in [9.17, 15) is 27.6 Å². The Morgan fingerprint density at radius 3 is 2.34 bits per heavy atom. The standard InChI is InChI=1S/C24H25F3N4O4/c1-5-12-35-23(34)19-15(3)28-16(4)29-20(19)22(33)30-10-11-31(14(2)13-30)21(32)17-6-8-18(9-7-17)24(25,26)27/h5-9,14H,1,10-13H2,2-4H3. The van der Waals surface area contributed by atoms with E-state index in [1.54, 1.807) is 20.8 Å². The summed E-state index contributed by atoms with van der Waals surface area (Å²) in [6, 6.07) is 3.59. The Morgan fingerprint density at radius 1 is 1.11 bits per heavy atom. The summed E-state index contributed by atoms with van der Waals surface area (Å²) in [4.78, 5) is 50.1. The molecule has 1 unspecified atom stereocenters. The van der Waals surface area contributed by atoms with E-state index >= 15 is 0 Å². The molecular weight excluding hydrogens is 465 g/mol. The highest BCUT2D eigenvalue weighted by molar-refractivity contribution is 6.04. The fourth-order valence-electron chi connectivity index (χ4n) is 3.88. The van der Waals surface area contributed by atoms with E-state index in [2.05, 4.69) is 16.5 Å². The fraction of sp³-hybridized carbons (Fsp3) is 0.375. The molecule has 0 spiro atoms. The monoisotopic (exact) mass is 490 g/mol. The molecule has 1 aliphatic heterocycles. The highest BCUT2D eigenvalue weighted by Gasteiger charge is 2.35. The third kappa shape index (κ3) is 5.67. The van der Waals surface area contributed by atoms with Crippen LogP contribution in [0.4, 0.5) is 13.2 Å². The fourth-order valence-corrected chi connectivity index (χ4v) is 3.88. The second-order valence-electron chi connectivity index (χ2n) is 8.14. The van der Waals surface area contributed by atoms with Crippen LogP contribution in [-0.4, -0.2) is 69.8 Å². The summed E-state index contributed by atoms with van der Waals surface area (Å²) in [7, 11) is 0. The summed E-state index contributed by atoms with van der Waals surface area (Å²) < 4.78 is 43.5. The lowest BCUT2D eigenvalue weighted by atomic mass is 10.1. The molecule has 0 bridgehead atoms. The van der Waals surface area contributed by atoms with Gasteiger partial charge in [0.2, 0.25) is 0 Å². The zero-order valence-corrected chi connectivity index (χ0v) is 19.6. The maximum Gasteiger partial charge on any atom is 0.416 e. The number of amides is 2. The molecule has 0 radical (unpaired) electrons. The summed E-state index contributed by atoms with van der Waals surface area (Å²) in [5.41, 5.74) is -0.523. The Morgan fingerprint density at radius 2 is 1.77 bits per heavy atom. The molecule has 1 aliphatic rings. The Labute approximate surface area is 200 Å². The van der Waals surface area contributed by atoms with Gasteiger partial charge in [-0.3, -0.25) is 9.59 Å². The molecule has 0 N–H and O–H groups in total. The van der Waals surface area contributed by atoms with Gasteiger partial charge in [0.15, 0.2) is 0 Å². The van der Waals surface area contributed by atoms with Crippen LogP contribution in [0.15, 0.2) is 36.9 Å². The molecule has 1 aromatic heterocycles. The van der Waals surface area contributed by atoms with Crippen LogP contribution in [0.5, 0.6) is 0 Å². The second kappa shape index (κ2) is 10.2. The van der Waals surface area contributed by atoms with Crippen molar-refractivity contribution in [2.24, 2.45) is 0 Å². The first-order valence-electron chi connectivity index (χ1n) is 10.8. The molecule has 2 aromatic rings. The van der Waals surface area contributed by atoms with Crippen LogP contribution in [0.3, 0.4) is 0 Å². The average molecular weight is 490 g/mol. The van der Waals surface area contributed by atoms with Crippen LogP contribution in [0.25, 0.3) is 0 Å². The van der Waals surface area contributed by atoms with E-state index < -0.39 is 35.6 Å². The Kier molecular flexibility index (Phi) is 7.57. The number of aromatic nitrogens is 2. The number of piperazine rings is 1. The zero-order chi connectivity index (χ0) is 25.9. The number of aryl methyl sites for hydroxylation is 2. The number of alkyl halides is 3. The van der Waals surface area contributed by atoms with Gasteiger partial charge in [-0.05, 0) is 45.0 Å². The molecule has 3 rings (SSSR count). The van der Waals surface area contributed by atoms with Crippen molar-refractivity contribution in [2.75, 3.05) is 26.2 Å². The van der Waals surface area contributed by atoms with Crippen molar-refractivity contribution in [1.82, 2.24) is 19.8 Å². The van der Waals surface area contributed by atoms with Crippen LogP contribution < -0.4 is 0 Å². The number of hydrogen-bond acceptors (Lipinski definition) is 6. The van der Waals surface area contributed by atoms with Gasteiger partial charge in [0.1, 0.15) is 23.7 Å². The van der Waals surface area contributed by atoms with Crippen LogP contribution in [0.1, 0.15) is 55.2 Å². The van der Waals surface area contributed by atoms with Crippen LogP contribution in [0.2, 0.25) is 0 Å². The molecule has 186 valence electrons. The van der Waals surface area contributed by atoms with Crippen molar-refractivity contribution in [3.63, 3.8) is 0 Å². The van der Waals surface area contributed by atoms with Crippen molar-refractivity contribution >= 4 is 17.8 Å². The number of ether oxygens (including phenoxy) is 1. The first kappa shape index (κ1) is 25.9. The molecule has 0 aliphatic carbocycles. The number of halogens is 3. The minimum absolute atomic E-state index is 0.0293. The number of carbonyl (C=O) groups is 3. The van der Waals surface area contributed by atoms with E-state index in [0.717, 1.165) is 24.3 Å². The SMILES string of the molecule is C=CCOC(=O)c1c(C)nc(C)nc1C(=O)N1CCN(C(=O)c2ccc(C(F)(F)F)cc2)C(C)C1. The topological polar surface area (TPSA) is 92.7 Å². The van der Waals surface area contributed by atoms with E-state index in [-0.39, 0.29) is 43.1 Å². The normalized spacial score (nSPS) is 16.1. The van der Waals surface area contributed by atoms with Gasteiger partial charge in [-0.15, -0.1) is 0 Å². The lowest BCUT2D eigenvalue weighted by Gasteiger charge is -2.40. The first-order valence-corrected chi connectivity index (χ1v) is 10.8. The van der Waals surface area contributed by atoms with Crippen LogP contribution in [-0.2, 0) is 10.9 Å². The summed E-state index contributed by atoms with van der Waals surface area (Å²) in [5, 5.41) is 0.